The van der Waals surface area contributed by atoms with Crippen LogP contribution in [-0.2, 0) is 29.7 Å². The van der Waals surface area contributed by atoms with E-state index in [-0.39, 0.29) is 28.2 Å². The number of aryl methyl sites for hydroxylation is 2. The zero-order chi connectivity index (χ0) is 24.5. The Hall–Kier alpha value is -2.99. The van der Waals surface area contributed by atoms with Crippen molar-refractivity contribution < 1.29 is 8.42 Å². The van der Waals surface area contributed by atoms with Gasteiger partial charge in [0.25, 0.3) is 11.1 Å². The zero-order valence-electron chi connectivity index (χ0n) is 19.5. The van der Waals surface area contributed by atoms with Crippen LogP contribution in [0.5, 0.6) is 0 Å². The average molecular weight is 491 g/mol. The fourth-order valence-corrected chi connectivity index (χ4v) is 5.88. The molecule has 0 bridgehead atoms. The molecule has 0 aromatic carbocycles. The molecule has 11 nitrogen and oxygen atoms in total. The summed E-state index contributed by atoms with van der Waals surface area (Å²) in [7, 11) is -3.70. The fourth-order valence-electron chi connectivity index (χ4n) is 4.34. The van der Waals surface area contributed by atoms with Crippen LogP contribution in [0.2, 0.25) is 0 Å². The summed E-state index contributed by atoms with van der Waals surface area (Å²) in [6, 6.07) is 2.56. The molecule has 1 saturated heterocycles. The van der Waals surface area contributed by atoms with E-state index in [4.69, 9.17) is 0 Å². The number of fused-ring (bicyclic) bond motifs is 1. The Kier molecular flexibility index (Phi) is 6.89. The minimum absolute atomic E-state index is 0.0295. The summed E-state index contributed by atoms with van der Waals surface area (Å²) in [6.07, 6.45) is 5.27. The first-order valence-corrected chi connectivity index (χ1v) is 13.1. The highest BCUT2D eigenvalue weighted by Crippen LogP contribution is 2.20. The summed E-state index contributed by atoms with van der Waals surface area (Å²) < 4.78 is 31.9. The number of pyridine rings is 1. The number of unbranched alkanes of at least 4 members (excludes halogenated alkanes) is 1. The van der Waals surface area contributed by atoms with E-state index in [1.807, 2.05) is 13.8 Å². The summed E-state index contributed by atoms with van der Waals surface area (Å²) in [6.45, 7) is 5.73. The number of sulfonamides is 1. The quantitative estimate of drug-likeness (QED) is 0.478. The molecule has 0 unspecified atom stereocenters. The summed E-state index contributed by atoms with van der Waals surface area (Å²) >= 11 is 0. The zero-order valence-corrected chi connectivity index (χ0v) is 20.3. The highest BCUT2D eigenvalue weighted by atomic mass is 32.2. The van der Waals surface area contributed by atoms with Gasteiger partial charge in [0.1, 0.15) is 5.82 Å². The first-order chi connectivity index (χ1) is 16.3. The third-order valence-electron chi connectivity index (χ3n) is 6.12. The summed E-state index contributed by atoms with van der Waals surface area (Å²) in [5.41, 5.74) is -0.874. The van der Waals surface area contributed by atoms with E-state index in [2.05, 4.69) is 9.97 Å². The van der Waals surface area contributed by atoms with E-state index in [9.17, 15) is 22.8 Å². The maximum atomic E-state index is 13.0. The molecule has 1 aliphatic rings. The lowest BCUT2D eigenvalue weighted by Gasteiger charge is -2.16. The van der Waals surface area contributed by atoms with Gasteiger partial charge in [-0.2, -0.15) is 4.31 Å². The molecule has 0 atom stereocenters. The molecule has 4 rings (SSSR count). The topological polar surface area (TPSA) is 132 Å². The monoisotopic (exact) mass is 490 g/mol. The number of imidazole rings is 1. The SMILES string of the molecule is CCCCn1c(=O)[nH]c(=O)c2c1nc(Cn1cc(S(=O)(=O)N3CCCC3)ccc1=O)n2CCC. The number of nitrogens with zero attached hydrogens (tertiary/aromatic N) is 5. The van der Waals surface area contributed by atoms with Crippen LogP contribution in [0.3, 0.4) is 0 Å². The molecule has 0 saturated carbocycles. The van der Waals surface area contributed by atoms with Gasteiger partial charge in [0.05, 0.1) is 11.4 Å². The van der Waals surface area contributed by atoms with E-state index in [1.165, 1.54) is 31.8 Å². The van der Waals surface area contributed by atoms with Gasteiger partial charge in [0.15, 0.2) is 11.2 Å². The van der Waals surface area contributed by atoms with E-state index in [0.717, 1.165) is 25.7 Å². The summed E-state index contributed by atoms with van der Waals surface area (Å²) in [5.74, 6) is 0.413. The van der Waals surface area contributed by atoms with Crippen molar-refractivity contribution in [3.05, 3.63) is 55.3 Å². The molecule has 0 radical (unpaired) electrons. The van der Waals surface area contributed by atoms with Gasteiger partial charge in [-0.25, -0.2) is 18.2 Å². The van der Waals surface area contributed by atoms with E-state index < -0.39 is 21.3 Å². The van der Waals surface area contributed by atoms with Crippen molar-refractivity contribution in [2.24, 2.45) is 0 Å². The molecule has 12 heteroatoms. The summed E-state index contributed by atoms with van der Waals surface area (Å²) in [5, 5.41) is 0. The highest BCUT2D eigenvalue weighted by molar-refractivity contribution is 7.89. The predicted molar refractivity (Wildman–Crippen MR) is 128 cm³/mol. The maximum absolute atomic E-state index is 13.0. The number of H-pyrrole nitrogens is 1. The van der Waals surface area contributed by atoms with E-state index >= 15 is 0 Å². The van der Waals surface area contributed by atoms with Crippen LogP contribution in [0.25, 0.3) is 11.2 Å². The number of nitrogens with one attached hydrogen (secondary N) is 1. The Bertz CT molecular complexity index is 1470. The lowest BCUT2D eigenvalue weighted by Crippen LogP contribution is -2.31. The number of hydrogen-bond donors (Lipinski definition) is 1. The van der Waals surface area contributed by atoms with Crippen LogP contribution < -0.4 is 16.8 Å². The molecule has 0 amide bonds. The van der Waals surface area contributed by atoms with Gasteiger partial charge in [0, 0.05) is 38.4 Å². The van der Waals surface area contributed by atoms with E-state index in [1.54, 1.807) is 4.57 Å². The lowest BCUT2D eigenvalue weighted by atomic mass is 10.3. The highest BCUT2D eigenvalue weighted by Gasteiger charge is 2.28. The van der Waals surface area contributed by atoms with Crippen molar-refractivity contribution in [3.8, 4) is 0 Å². The van der Waals surface area contributed by atoms with Crippen molar-refractivity contribution in [1.82, 2.24) is 28.0 Å². The van der Waals surface area contributed by atoms with E-state index in [0.29, 0.717) is 38.4 Å². The number of rotatable bonds is 9. The first kappa shape index (κ1) is 24.1. The van der Waals surface area contributed by atoms with Crippen LogP contribution in [0.4, 0.5) is 0 Å². The van der Waals surface area contributed by atoms with Gasteiger partial charge in [-0.1, -0.05) is 20.3 Å². The van der Waals surface area contributed by atoms with Crippen molar-refractivity contribution in [3.63, 3.8) is 0 Å². The Morgan fingerprint density at radius 3 is 2.41 bits per heavy atom. The molecule has 0 spiro atoms. The molecule has 1 aliphatic heterocycles. The number of aromatic amines is 1. The van der Waals surface area contributed by atoms with Gasteiger partial charge in [-0.3, -0.25) is 19.1 Å². The second-order valence-electron chi connectivity index (χ2n) is 8.56. The Labute approximate surface area is 196 Å². The third-order valence-corrected chi connectivity index (χ3v) is 8.00. The molecule has 3 aromatic rings. The van der Waals surface area contributed by atoms with Crippen molar-refractivity contribution >= 4 is 21.2 Å². The van der Waals surface area contributed by atoms with Crippen LogP contribution in [-0.4, -0.2) is 49.5 Å². The number of hydrogen-bond acceptors (Lipinski definition) is 6. The van der Waals surface area contributed by atoms with Crippen molar-refractivity contribution in [2.45, 2.75) is 70.5 Å². The predicted octanol–water partition coefficient (Wildman–Crippen LogP) is 1.09. The summed E-state index contributed by atoms with van der Waals surface area (Å²) in [4.78, 5) is 44.8. The Morgan fingerprint density at radius 2 is 1.74 bits per heavy atom. The second kappa shape index (κ2) is 9.71. The largest absolute Gasteiger partial charge is 0.330 e. The molecule has 0 aliphatic carbocycles. The minimum Gasteiger partial charge on any atom is -0.321 e. The Balaban J connectivity index is 1.82. The lowest BCUT2D eigenvalue weighted by molar-refractivity contribution is 0.476. The van der Waals surface area contributed by atoms with Crippen molar-refractivity contribution in [2.75, 3.05) is 13.1 Å². The molecule has 1 N–H and O–H groups in total. The molecular weight excluding hydrogens is 460 g/mol. The van der Waals surface area contributed by atoms with Crippen molar-refractivity contribution in [1.29, 1.82) is 0 Å². The van der Waals surface area contributed by atoms with Crippen LogP contribution >= 0.6 is 0 Å². The third kappa shape index (κ3) is 4.39. The molecule has 1 fully saturated rings. The molecule has 34 heavy (non-hydrogen) atoms. The van der Waals surface area contributed by atoms with Gasteiger partial charge in [0.2, 0.25) is 10.0 Å². The maximum Gasteiger partial charge on any atom is 0.330 e. The molecule has 184 valence electrons. The Morgan fingerprint density at radius 1 is 1.00 bits per heavy atom. The number of aromatic nitrogens is 5. The van der Waals surface area contributed by atoms with Gasteiger partial charge in [-0.15, -0.1) is 0 Å². The molecular formula is C22H30N6O5S. The van der Waals surface area contributed by atoms with Gasteiger partial charge >= 0.3 is 5.69 Å². The normalized spacial score (nSPS) is 14.9. The van der Waals surface area contributed by atoms with Gasteiger partial charge < -0.3 is 9.13 Å². The average Bonchev–Trinajstić information content (AvgIpc) is 3.45. The molecule has 4 heterocycles. The smallest absolute Gasteiger partial charge is 0.321 e. The minimum atomic E-state index is -3.70. The van der Waals surface area contributed by atoms with Crippen LogP contribution in [0.1, 0.15) is 51.8 Å². The molecule has 3 aromatic heterocycles. The second-order valence-corrected chi connectivity index (χ2v) is 10.5. The fraction of sp³-hybridized carbons (Fsp3) is 0.545. The standard InChI is InChI=1S/C22H30N6O5S/c1-3-5-13-28-20-19(21(30)24-22(28)31)27(10-4-2)17(23-20)15-25-14-16(8-9-18(25)29)34(32,33)26-11-6-7-12-26/h8-9,14H,3-7,10-13,15H2,1-2H3,(H,24,30,31). The van der Waals surface area contributed by atoms with Crippen LogP contribution in [0, 0.1) is 0 Å². The van der Waals surface area contributed by atoms with Crippen LogP contribution in [0.15, 0.2) is 37.6 Å². The van der Waals surface area contributed by atoms with Gasteiger partial charge in [-0.05, 0) is 31.7 Å². The first-order valence-electron chi connectivity index (χ1n) is 11.7.